The Hall–Kier alpha value is -5.63. The Morgan fingerprint density at radius 3 is 2.51 bits per heavy atom. The number of nitriles is 1. The molecule has 0 aliphatic heterocycles. The molecule has 0 saturated carbocycles. The quantitative estimate of drug-likeness (QED) is 0.234. The van der Waals surface area contributed by atoms with Gasteiger partial charge < -0.3 is 10.2 Å². The molecule has 45 heavy (non-hydrogen) atoms. The van der Waals surface area contributed by atoms with Gasteiger partial charge in [-0.1, -0.05) is 39.0 Å². The maximum absolute atomic E-state index is 13.6. The lowest BCUT2D eigenvalue weighted by Gasteiger charge is -2.16. The topological polar surface area (TPSA) is 146 Å². The van der Waals surface area contributed by atoms with E-state index in [4.69, 9.17) is 25.5 Å². The van der Waals surface area contributed by atoms with E-state index in [0.717, 1.165) is 11.3 Å². The van der Waals surface area contributed by atoms with Crippen LogP contribution in [0.4, 0.5) is 4.39 Å². The van der Waals surface area contributed by atoms with E-state index >= 15 is 0 Å². The summed E-state index contributed by atoms with van der Waals surface area (Å²) >= 11 is 0. The lowest BCUT2D eigenvalue weighted by molar-refractivity contribution is 0.0999. The van der Waals surface area contributed by atoms with E-state index in [9.17, 15) is 14.0 Å². The van der Waals surface area contributed by atoms with E-state index in [-0.39, 0.29) is 18.3 Å². The molecule has 10 nitrogen and oxygen atoms in total. The van der Waals surface area contributed by atoms with Crippen molar-refractivity contribution in [2.45, 2.75) is 46.7 Å². The van der Waals surface area contributed by atoms with Crippen molar-refractivity contribution >= 4 is 28.0 Å². The number of carbonyl (C=O) groups excluding carboxylic acids is 1. The summed E-state index contributed by atoms with van der Waals surface area (Å²) in [4.78, 5) is 35.4. The summed E-state index contributed by atoms with van der Waals surface area (Å²) in [6.45, 7) is 6.54. The fourth-order valence-corrected chi connectivity index (χ4v) is 5.65. The fraction of sp³-hybridized carbons (Fsp3) is 0.235. The van der Waals surface area contributed by atoms with Crippen molar-refractivity contribution in [1.82, 2.24) is 24.3 Å². The Balaban J connectivity index is 1.55. The summed E-state index contributed by atoms with van der Waals surface area (Å²) in [7, 11) is 0. The zero-order chi connectivity index (χ0) is 31.8. The molecule has 0 aliphatic carbocycles. The van der Waals surface area contributed by atoms with Gasteiger partial charge in [0.15, 0.2) is 11.2 Å². The average molecular weight is 604 g/mol. The molecule has 0 radical (unpaired) electrons. The molecule has 4 heterocycles. The zero-order valence-corrected chi connectivity index (χ0v) is 25.0. The second-order valence-electron chi connectivity index (χ2n) is 11.3. The number of fused-ring (bicyclic) bond motifs is 2. The largest absolute Gasteiger partial charge is 0.420 e. The van der Waals surface area contributed by atoms with Crippen molar-refractivity contribution in [1.29, 1.82) is 5.26 Å². The molecule has 0 bridgehead atoms. The predicted octanol–water partition coefficient (Wildman–Crippen LogP) is 5.37. The average Bonchev–Trinajstić information content (AvgIpc) is 3.52. The van der Waals surface area contributed by atoms with Gasteiger partial charge in [0.25, 0.3) is 5.91 Å². The summed E-state index contributed by atoms with van der Waals surface area (Å²) in [5.41, 5.74) is 12.2. The van der Waals surface area contributed by atoms with Crippen LogP contribution < -0.4 is 11.5 Å². The lowest BCUT2D eigenvalue weighted by Crippen LogP contribution is -2.18. The number of oxazole rings is 1. The number of aromatic nitrogens is 5. The highest BCUT2D eigenvalue weighted by atomic mass is 19.1. The highest BCUT2D eigenvalue weighted by Gasteiger charge is 2.27. The summed E-state index contributed by atoms with van der Waals surface area (Å²) in [5.74, 6) is -1.34. The van der Waals surface area contributed by atoms with Crippen molar-refractivity contribution < 1.29 is 13.6 Å². The second-order valence-corrected chi connectivity index (χ2v) is 11.3. The number of aryl methyl sites for hydroxylation is 1. The van der Waals surface area contributed by atoms with Gasteiger partial charge in [-0.2, -0.15) is 10.4 Å². The van der Waals surface area contributed by atoms with Crippen molar-refractivity contribution in [3.63, 3.8) is 0 Å². The van der Waals surface area contributed by atoms with Gasteiger partial charge in [0.1, 0.15) is 11.9 Å². The van der Waals surface area contributed by atoms with E-state index in [0.29, 0.717) is 75.2 Å². The third-order valence-corrected chi connectivity index (χ3v) is 7.69. The minimum absolute atomic E-state index is 0.150. The number of pyridine rings is 2. The first kappa shape index (κ1) is 29.4. The summed E-state index contributed by atoms with van der Waals surface area (Å²) in [6, 6.07) is 16.9. The van der Waals surface area contributed by atoms with Gasteiger partial charge in [-0.25, -0.2) is 18.9 Å². The maximum Gasteiger partial charge on any atom is 0.420 e. The molecule has 11 heteroatoms. The van der Waals surface area contributed by atoms with Gasteiger partial charge >= 0.3 is 5.76 Å². The van der Waals surface area contributed by atoms with Gasteiger partial charge in [-0.3, -0.25) is 14.3 Å². The SMILES string of the molecule is CCc1nn(Cc2ccc(F)cc2)c2nc(CC(C)C)c(C(N)=O)c(-c3ccc4c(c3)oc(=O)n4Cc3ccc(C#N)cn3)c12. The van der Waals surface area contributed by atoms with Crippen LogP contribution in [0.3, 0.4) is 0 Å². The van der Waals surface area contributed by atoms with Crippen LogP contribution in [0.25, 0.3) is 33.3 Å². The van der Waals surface area contributed by atoms with Crippen molar-refractivity contribution in [2.24, 2.45) is 11.7 Å². The van der Waals surface area contributed by atoms with E-state index in [1.807, 2.05) is 32.9 Å². The number of carbonyl (C=O) groups is 1. The molecule has 0 unspecified atom stereocenters. The molecule has 6 aromatic rings. The van der Waals surface area contributed by atoms with Crippen LogP contribution in [0, 0.1) is 23.1 Å². The first-order valence-corrected chi connectivity index (χ1v) is 14.6. The second kappa shape index (κ2) is 11.8. The molecule has 2 aromatic carbocycles. The number of hydrogen-bond acceptors (Lipinski definition) is 7. The zero-order valence-electron chi connectivity index (χ0n) is 25.0. The summed E-state index contributed by atoms with van der Waals surface area (Å²) in [6.07, 6.45) is 2.50. The molecular weight excluding hydrogens is 573 g/mol. The van der Waals surface area contributed by atoms with Crippen LogP contribution in [0.2, 0.25) is 0 Å². The Morgan fingerprint density at radius 2 is 1.87 bits per heavy atom. The van der Waals surface area contributed by atoms with Gasteiger partial charge in [0.05, 0.1) is 52.2 Å². The number of rotatable bonds is 9. The number of nitrogens with two attached hydrogens (primary N) is 1. The number of benzene rings is 2. The minimum Gasteiger partial charge on any atom is -0.408 e. The Labute approximate surface area is 257 Å². The molecule has 226 valence electrons. The Bertz CT molecular complexity index is 2170. The third-order valence-electron chi connectivity index (χ3n) is 7.69. The molecular formula is C34H30FN7O3. The number of amides is 1. The Morgan fingerprint density at radius 1 is 1.09 bits per heavy atom. The van der Waals surface area contributed by atoms with E-state index in [2.05, 4.69) is 4.98 Å². The van der Waals surface area contributed by atoms with Crippen LogP contribution in [0.15, 0.2) is 70.0 Å². The first-order chi connectivity index (χ1) is 21.7. The van der Waals surface area contributed by atoms with Crippen LogP contribution in [0.5, 0.6) is 0 Å². The Kier molecular flexibility index (Phi) is 7.72. The van der Waals surface area contributed by atoms with E-state index in [1.165, 1.54) is 22.9 Å². The molecule has 0 fully saturated rings. The standard InChI is InChI=1S/C34H30FN7O3/c1-4-25-31-29(22-8-12-27-28(14-22)45-34(44)41(27)18-24-11-7-21(15-36)16-38-24)30(32(37)43)26(13-19(2)3)39-33(31)42(40-25)17-20-5-9-23(35)10-6-20/h5-12,14,16,19H,4,13,17-18H2,1-3H3,(H2,37,43). The highest BCUT2D eigenvalue weighted by molar-refractivity contribution is 6.10. The fourth-order valence-electron chi connectivity index (χ4n) is 5.65. The van der Waals surface area contributed by atoms with Gasteiger partial charge in [0, 0.05) is 11.8 Å². The van der Waals surface area contributed by atoms with Crippen LogP contribution in [-0.2, 0) is 25.9 Å². The summed E-state index contributed by atoms with van der Waals surface area (Å²) < 4.78 is 22.5. The smallest absolute Gasteiger partial charge is 0.408 e. The lowest BCUT2D eigenvalue weighted by atomic mass is 9.91. The van der Waals surface area contributed by atoms with Crippen LogP contribution in [0.1, 0.15) is 59.3 Å². The summed E-state index contributed by atoms with van der Waals surface area (Å²) in [5, 5.41) is 14.6. The number of nitrogens with zero attached hydrogens (tertiary/aromatic N) is 6. The molecule has 0 spiro atoms. The van der Waals surface area contributed by atoms with Gasteiger partial charge in [-0.05, 0) is 66.3 Å². The molecule has 2 N–H and O–H groups in total. The normalized spacial score (nSPS) is 11.5. The molecule has 6 rings (SSSR count). The number of halogens is 1. The maximum atomic E-state index is 13.6. The van der Waals surface area contributed by atoms with Crippen LogP contribution in [-0.4, -0.2) is 30.2 Å². The molecule has 1 amide bonds. The van der Waals surface area contributed by atoms with E-state index < -0.39 is 11.7 Å². The monoisotopic (exact) mass is 603 g/mol. The molecule has 0 saturated heterocycles. The van der Waals surface area contributed by atoms with Crippen molar-refractivity contribution in [3.8, 4) is 17.2 Å². The third kappa shape index (κ3) is 5.58. The molecule has 0 atom stereocenters. The minimum atomic E-state index is -0.616. The molecule has 0 aliphatic rings. The van der Waals surface area contributed by atoms with Crippen LogP contribution >= 0.6 is 0 Å². The predicted molar refractivity (Wildman–Crippen MR) is 167 cm³/mol. The van der Waals surface area contributed by atoms with Crippen molar-refractivity contribution in [2.75, 3.05) is 0 Å². The highest BCUT2D eigenvalue weighted by Crippen LogP contribution is 2.37. The molecule has 4 aromatic heterocycles. The number of hydrogen-bond donors (Lipinski definition) is 1. The number of primary amides is 1. The van der Waals surface area contributed by atoms with Crippen molar-refractivity contribution in [3.05, 3.63) is 111 Å². The van der Waals surface area contributed by atoms with E-state index in [1.54, 1.807) is 41.1 Å². The van der Waals surface area contributed by atoms with Gasteiger partial charge in [0.2, 0.25) is 0 Å². The van der Waals surface area contributed by atoms with Gasteiger partial charge in [-0.15, -0.1) is 0 Å². The first-order valence-electron chi connectivity index (χ1n) is 14.6.